The highest BCUT2D eigenvalue weighted by Gasteiger charge is 2.23. The molecule has 1 heterocycles. The van der Waals surface area contributed by atoms with Crippen molar-refractivity contribution in [2.24, 2.45) is 0 Å². The van der Waals surface area contributed by atoms with Crippen LogP contribution in [0.15, 0.2) is 18.5 Å². The van der Waals surface area contributed by atoms with E-state index in [0.29, 0.717) is 6.04 Å². The summed E-state index contributed by atoms with van der Waals surface area (Å²) in [6.45, 7) is 3.09. The van der Waals surface area contributed by atoms with Crippen molar-refractivity contribution in [2.45, 2.75) is 38.6 Å². The molecule has 1 aliphatic rings. The maximum Gasteiger partial charge on any atom is 0.101 e. The fourth-order valence-electron chi connectivity index (χ4n) is 2.55. The largest absolute Gasteiger partial charge is 0.367 e. The number of nitrogens with zero attached hydrogens (tertiary/aromatic N) is 3. The van der Waals surface area contributed by atoms with E-state index in [0.717, 1.165) is 17.8 Å². The molecule has 0 aliphatic heterocycles. The zero-order valence-corrected chi connectivity index (χ0v) is 9.69. The molecule has 16 heavy (non-hydrogen) atoms. The number of anilines is 1. The molecule has 3 nitrogen and oxygen atoms in total. The molecule has 0 saturated heterocycles. The minimum atomic E-state index is 0.598. The van der Waals surface area contributed by atoms with Crippen molar-refractivity contribution in [3.63, 3.8) is 0 Å². The lowest BCUT2D eigenvalue weighted by molar-refractivity contribution is 0.618. The lowest BCUT2D eigenvalue weighted by atomic mass is 10.1. The predicted molar refractivity (Wildman–Crippen MR) is 64.2 cm³/mol. The molecule has 1 aromatic heterocycles. The van der Waals surface area contributed by atoms with Gasteiger partial charge in [-0.05, 0) is 25.8 Å². The molecule has 84 valence electrons. The molecule has 0 radical (unpaired) electrons. The summed E-state index contributed by atoms with van der Waals surface area (Å²) in [4.78, 5) is 6.47. The van der Waals surface area contributed by atoms with E-state index in [1.807, 2.05) is 6.20 Å². The lowest BCUT2D eigenvalue weighted by Gasteiger charge is -2.30. The van der Waals surface area contributed by atoms with Gasteiger partial charge in [0.2, 0.25) is 0 Å². The van der Waals surface area contributed by atoms with Crippen LogP contribution < -0.4 is 4.90 Å². The van der Waals surface area contributed by atoms with E-state index < -0.39 is 0 Å². The average Bonchev–Trinajstić information content (AvgIpc) is 2.84. The van der Waals surface area contributed by atoms with Crippen LogP contribution in [0.3, 0.4) is 0 Å². The topological polar surface area (TPSA) is 39.9 Å². The fraction of sp³-hybridized carbons (Fsp3) is 0.538. The van der Waals surface area contributed by atoms with Crippen LogP contribution in [0.5, 0.6) is 0 Å². The Bertz CT molecular complexity index is 388. The normalized spacial score (nSPS) is 16.0. The first-order valence-electron chi connectivity index (χ1n) is 5.97. The Hall–Kier alpha value is -1.56. The van der Waals surface area contributed by atoms with Gasteiger partial charge in [-0.25, -0.2) is 0 Å². The zero-order chi connectivity index (χ0) is 11.4. The van der Waals surface area contributed by atoms with E-state index in [4.69, 9.17) is 5.26 Å². The third kappa shape index (κ3) is 2.01. The predicted octanol–water partition coefficient (Wildman–Crippen LogP) is 2.72. The Morgan fingerprint density at radius 2 is 2.25 bits per heavy atom. The lowest BCUT2D eigenvalue weighted by Crippen LogP contribution is -2.33. The van der Waals surface area contributed by atoms with E-state index in [1.54, 1.807) is 12.3 Å². The second-order valence-corrected chi connectivity index (χ2v) is 4.23. The van der Waals surface area contributed by atoms with Crippen LogP contribution in [0.2, 0.25) is 0 Å². The minimum Gasteiger partial charge on any atom is -0.367 e. The summed E-state index contributed by atoms with van der Waals surface area (Å²) in [7, 11) is 0. The molecule has 2 rings (SSSR count). The first-order valence-corrected chi connectivity index (χ1v) is 5.97. The molecule has 0 spiro atoms. The number of aromatic nitrogens is 1. The second-order valence-electron chi connectivity index (χ2n) is 4.23. The smallest absolute Gasteiger partial charge is 0.101 e. The number of nitriles is 1. The van der Waals surface area contributed by atoms with Gasteiger partial charge in [0.05, 0.1) is 17.4 Å². The van der Waals surface area contributed by atoms with Crippen molar-refractivity contribution in [2.75, 3.05) is 11.4 Å². The summed E-state index contributed by atoms with van der Waals surface area (Å²) in [6, 6.07) is 4.65. The minimum absolute atomic E-state index is 0.598. The van der Waals surface area contributed by atoms with Crippen LogP contribution in [0.1, 0.15) is 38.2 Å². The number of pyridine rings is 1. The van der Waals surface area contributed by atoms with Gasteiger partial charge in [-0.3, -0.25) is 4.98 Å². The molecule has 0 N–H and O–H groups in total. The van der Waals surface area contributed by atoms with Crippen LogP contribution in [0.25, 0.3) is 0 Å². The maximum absolute atomic E-state index is 9.10. The fourth-order valence-corrected chi connectivity index (χ4v) is 2.55. The van der Waals surface area contributed by atoms with Crippen molar-refractivity contribution >= 4 is 5.69 Å². The highest BCUT2D eigenvalue weighted by Crippen LogP contribution is 2.29. The molecule has 1 aromatic rings. The Labute approximate surface area is 96.7 Å². The van der Waals surface area contributed by atoms with Crippen molar-refractivity contribution in [1.29, 1.82) is 5.26 Å². The van der Waals surface area contributed by atoms with Crippen molar-refractivity contribution in [1.82, 2.24) is 4.98 Å². The van der Waals surface area contributed by atoms with Gasteiger partial charge >= 0.3 is 0 Å². The van der Waals surface area contributed by atoms with Gasteiger partial charge in [0.25, 0.3) is 0 Å². The molecule has 1 saturated carbocycles. The van der Waals surface area contributed by atoms with Crippen LogP contribution in [0.4, 0.5) is 5.69 Å². The van der Waals surface area contributed by atoms with Crippen LogP contribution in [-0.4, -0.2) is 17.6 Å². The van der Waals surface area contributed by atoms with E-state index in [-0.39, 0.29) is 0 Å². The molecule has 0 bridgehead atoms. The molecule has 3 heteroatoms. The average molecular weight is 215 g/mol. The number of hydrogen-bond acceptors (Lipinski definition) is 3. The van der Waals surface area contributed by atoms with Crippen molar-refractivity contribution in [3.8, 4) is 6.07 Å². The Kier molecular flexibility index (Phi) is 3.40. The van der Waals surface area contributed by atoms with E-state index in [2.05, 4.69) is 22.9 Å². The van der Waals surface area contributed by atoms with Gasteiger partial charge in [-0.2, -0.15) is 5.26 Å². The quantitative estimate of drug-likeness (QED) is 0.778. The van der Waals surface area contributed by atoms with Gasteiger partial charge in [-0.15, -0.1) is 0 Å². The van der Waals surface area contributed by atoms with E-state index >= 15 is 0 Å². The maximum atomic E-state index is 9.10. The third-order valence-electron chi connectivity index (χ3n) is 3.34. The van der Waals surface area contributed by atoms with Crippen LogP contribution in [-0.2, 0) is 0 Å². The zero-order valence-electron chi connectivity index (χ0n) is 9.69. The SMILES string of the molecule is CCN(c1cnccc1C#N)C1CCCC1. The number of rotatable bonds is 3. The summed E-state index contributed by atoms with van der Waals surface area (Å²) in [5.74, 6) is 0. The molecule has 1 fully saturated rings. The van der Waals surface area contributed by atoms with Gasteiger partial charge < -0.3 is 4.90 Å². The Balaban J connectivity index is 2.29. The molecular formula is C13H17N3. The van der Waals surface area contributed by atoms with E-state index in [9.17, 15) is 0 Å². The van der Waals surface area contributed by atoms with Gasteiger partial charge in [0.15, 0.2) is 0 Å². The van der Waals surface area contributed by atoms with Crippen molar-refractivity contribution in [3.05, 3.63) is 24.0 Å². The van der Waals surface area contributed by atoms with E-state index in [1.165, 1.54) is 25.7 Å². The monoisotopic (exact) mass is 215 g/mol. The Morgan fingerprint density at radius 1 is 1.50 bits per heavy atom. The first-order chi connectivity index (χ1) is 7.86. The highest BCUT2D eigenvalue weighted by atomic mass is 15.2. The summed E-state index contributed by atoms with van der Waals surface area (Å²) < 4.78 is 0. The van der Waals surface area contributed by atoms with Crippen molar-refractivity contribution < 1.29 is 0 Å². The number of hydrogen-bond donors (Lipinski definition) is 0. The molecule has 0 atom stereocenters. The van der Waals surface area contributed by atoms with Crippen LogP contribution >= 0.6 is 0 Å². The highest BCUT2D eigenvalue weighted by molar-refractivity contribution is 5.58. The van der Waals surface area contributed by atoms with Gasteiger partial charge in [0, 0.05) is 18.8 Å². The molecule has 0 amide bonds. The Morgan fingerprint density at radius 3 is 2.88 bits per heavy atom. The molecule has 0 aromatic carbocycles. The standard InChI is InChI=1S/C13H17N3/c1-2-16(12-5-3-4-6-12)13-10-15-8-7-11(13)9-14/h7-8,10,12H,2-6H2,1H3. The summed E-state index contributed by atoms with van der Waals surface area (Å²) in [5.41, 5.74) is 1.74. The summed E-state index contributed by atoms with van der Waals surface area (Å²) in [5, 5.41) is 9.10. The summed E-state index contributed by atoms with van der Waals surface area (Å²) >= 11 is 0. The third-order valence-corrected chi connectivity index (χ3v) is 3.34. The summed E-state index contributed by atoms with van der Waals surface area (Å²) in [6.07, 6.45) is 8.61. The second kappa shape index (κ2) is 4.98. The van der Waals surface area contributed by atoms with Gasteiger partial charge in [-0.1, -0.05) is 12.8 Å². The molecular weight excluding hydrogens is 198 g/mol. The molecule has 1 aliphatic carbocycles. The first kappa shape index (κ1) is 10.9. The molecule has 0 unspecified atom stereocenters. The van der Waals surface area contributed by atoms with Gasteiger partial charge in [0.1, 0.15) is 6.07 Å². The van der Waals surface area contributed by atoms with Crippen LogP contribution in [0, 0.1) is 11.3 Å².